The van der Waals surface area contributed by atoms with Crippen LogP contribution in [0.15, 0.2) is 40.8 Å². The molecule has 3 heterocycles. The van der Waals surface area contributed by atoms with Crippen molar-refractivity contribution in [2.24, 2.45) is 0 Å². The second kappa shape index (κ2) is 7.39. The molecule has 4 rings (SSSR count). The van der Waals surface area contributed by atoms with Crippen LogP contribution in [0.25, 0.3) is 11.3 Å². The molecule has 3 aromatic rings. The zero-order chi connectivity index (χ0) is 17.9. The average Bonchev–Trinajstić information content (AvgIpc) is 3.08. The lowest BCUT2D eigenvalue weighted by Crippen LogP contribution is -2.46. The summed E-state index contributed by atoms with van der Waals surface area (Å²) in [5, 5.41) is 17.4. The summed E-state index contributed by atoms with van der Waals surface area (Å²) in [6.07, 6.45) is 0. The van der Waals surface area contributed by atoms with Crippen molar-refractivity contribution in [3.63, 3.8) is 0 Å². The molecule has 0 amide bonds. The minimum Gasteiger partial charge on any atom is -0.424 e. The second-order valence-corrected chi connectivity index (χ2v) is 6.70. The van der Waals surface area contributed by atoms with Gasteiger partial charge in [-0.3, -0.25) is 4.90 Å². The predicted molar refractivity (Wildman–Crippen MR) is 99.0 cm³/mol. The van der Waals surface area contributed by atoms with Crippen LogP contribution in [0.3, 0.4) is 0 Å². The van der Waals surface area contributed by atoms with E-state index in [1.54, 1.807) is 6.92 Å². The van der Waals surface area contributed by atoms with Crippen molar-refractivity contribution in [3.8, 4) is 11.3 Å². The summed E-state index contributed by atoms with van der Waals surface area (Å²) in [5.41, 5.74) is 1.85. The smallest absolute Gasteiger partial charge is 0.230 e. The van der Waals surface area contributed by atoms with Gasteiger partial charge in [-0.05, 0) is 24.3 Å². The van der Waals surface area contributed by atoms with E-state index in [2.05, 4.69) is 30.2 Å². The SMILES string of the molecule is Cc1nnc(CN2CCN(c3ccc(-c4ccc(Cl)cc4)nn3)CC2)o1. The molecule has 0 aliphatic carbocycles. The predicted octanol–water partition coefficient (Wildman–Crippen LogP) is 2.81. The Morgan fingerprint density at radius 2 is 1.69 bits per heavy atom. The van der Waals surface area contributed by atoms with Gasteiger partial charge in [-0.15, -0.1) is 20.4 Å². The third kappa shape index (κ3) is 3.84. The molecule has 1 aliphatic heterocycles. The number of nitrogens with zero attached hydrogens (tertiary/aromatic N) is 6. The Morgan fingerprint density at radius 3 is 2.31 bits per heavy atom. The highest BCUT2D eigenvalue weighted by atomic mass is 35.5. The summed E-state index contributed by atoms with van der Waals surface area (Å²) in [4.78, 5) is 4.55. The normalized spacial score (nSPS) is 15.4. The number of piperazine rings is 1. The molecule has 1 aromatic carbocycles. The molecule has 0 radical (unpaired) electrons. The number of rotatable bonds is 4. The summed E-state index contributed by atoms with van der Waals surface area (Å²) in [6, 6.07) is 11.6. The van der Waals surface area contributed by atoms with E-state index in [9.17, 15) is 0 Å². The van der Waals surface area contributed by atoms with Crippen molar-refractivity contribution >= 4 is 17.4 Å². The van der Waals surface area contributed by atoms with Crippen LogP contribution in [-0.2, 0) is 6.54 Å². The second-order valence-electron chi connectivity index (χ2n) is 6.26. The Kier molecular flexibility index (Phi) is 4.81. The van der Waals surface area contributed by atoms with E-state index in [0.717, 1.165) is 43.3 Å². The lowest BCUT2D eigenvalue weighted by molar-refractivity contribution is 0.224. The molecule has 8 heteroatoms. The first-order valence-electron chi connectivity index (χ1n) is 8.53. The third-order valence-corrected chi connectivity index (χ3v) is 4.67. The van der Waals surface area contributed by atoms with E-state index in [-0.39, 0.29) is 0 Å². The first-order chi connectivity index (χ1) is 12.7. The maximum Gasteiger partial charge on any atom is 0.230 e. The lowest BCUT2D eigenvalue weighted by Gasteiger charge is -2.34. The summed E-state index contributed by atoms with van der Waals surface area (Å²) in [7, 11) is 0. The van der Waals surface area contributed by atoms with Gasteiger partial charge in [0, 0.05) is 43.7 Å². The fourth-order valence-electron chi connectivity index (χ4n) is 3.00. The molecule has 0 spiro atoms. The zero-order valence-corrected chi connectivity index (χ0v) is 15.2. The number of halogens is 1. The van der Waals surface area contributed by atoms with Gasteiger partial charge in [-0.2, -0.15) is 0 Å². The molecule has 134 valence electrons. The van der Waals surface area contributed by atoms with Gasteiger partial charge in [0.25, 0.3) is 0 Å². The van der Waals surface area contributed by atoms with Crippen molar-refractivity contribution in [3.05, 3.63) is 53.2 Å². The molecule has 1 fully saturated rings. The van der Waals surface area contributed by atoms with Gasteiger partial charge in [0.15, 0.2) is 5.82 Å². The zero-order valence-electron chi connectivity index (χ0n) is 14.5. The molecule has 2 aromatic heterocycles. The number of aromatic nitrogens is 4. The van der Waals surface area contributed by atoms with Crippen LogP contribution in [0, 0.1) is 6.92 Å². The van der Waals surface area contributed by atoms with E-state index in [0.29, 0.717) is 23.3 Å². The highest BCUT2D eigenvalue weighted by Crippen LogP contribution is 2.21. The standard InChI is InChI=1S/C18H19ClN6O/c1-13-20-23-18(26-13)12-24-8-10-25(11-9-24)17-7-6-16(21-22-17)14-2-4-15(19)5-3-14/h2-7H,8-12H2,1H3. The van der Waals surface area contributed by atoms with Crippen molar-refractivity contribution < 1.29 is 4.42 Å². The van der Waals surface area contributed by atoms with Crippen LogP contribution in [0.4, 0.5) is 5.82 Å². The van der Waals surface area contributed by atoms with Crippen LogP contribution >= 0.6 is 11.6 Å². The van der Waals surface area contributed by atoms with Crippen molar-refractivity contribution in [2.75, 3.05) is 31.1 Å². The van der Waals surface area contributed by atoms with Gasteiger partial charge in [0.2, 0.25) is 11.8 Å². The summed E-state index contributed by atoms with van der Waals surface area (Å²) in [5.74, 6) is 2.17. The molecule has 0 bridgehead atoms. The van der Waals surface area contributed by atoms with E-state index in [4.69, 9.17) is 16.0 Å². The maximum absolute atomic E-state index is 5.93. The van der Waals surface area contributed by atoms with Gasteiger partial charge in [-0.25, -0.2) is 0 Å². The van der Waals surface area contributed by atoms with Crippen LogP contribution in [-0.4, -0.2) is 51.5 Å². The van der Waals surface area contributed by atoms with Gasteiger partial charge in [0.05, 0.1) is 12.2 Å². The minimum atomic E-state index is 0.606. The number of benzene rings is 1. The van der Waals surface area contributed by atoms with Gasteiger partial charge < -0.3 is 9.32 Å². The highest BCUT2D eigenvalue weighted by Gasteiger charge is 2.20. The van der Waals surface area contributed by atoms with Crippen molar-refractivity contribution in [1.29, 1.82) is 0 Å². The van der Waals surface area contributed by atoms with E-state index >= 15 is 0 Å². The summed E-state index contributed by atoms with van der Waals surface area (Å²) < 4.78 is 5.45. The van der Waals surface area contributed by atoms with Gasteiger partial charge >= 0.3 is 0 Å². The lowest BCUT2D eigenvalue weighted by atomic mass is 10.1. The molecule has 0 unspecified atom stereocenters. The van der Waals surface area contributed by atoms with Gasteiger partial charge in [0.1, 0.15) is 0 Å². The maximum atomic E-state index is 5.93. The molecular formula is C18H19ClN6O. The molecular weight excluding hydrogens is 352 g/mol. The molecule has 0 atom stereocenters. The number of hydrogen-bond acceptors (Lipinski definition) is 7. The van der Waals surface area contributed by atoms with Crippen LogP contribution in [0.2, 0.25) is 5.02 Å². The molecule has 7 nitrogen and oxygen atoms in total. The van der Waals surface area contributed by atoms with Crippen LogP contribution in [0.1, 0.15) is 11.8 Å². The molecule has 1 saturated heterocycles. The van der Waals surface area contributed by atoms with Gasteiger partial charge in [-0.1, -0.05) is 23.7 Å². The summed E-state index contributed by atoms with van der Waals surface area (Å²) in [6.45, 7) is 6.12. The minimum absolute atomic E-state index is 0.606. The van der Waals surface area contributed by atoms with E-state index < -0.39 is 0 Å². The molecule has 0 N–H and O–H groups in total. The fourth-order valence-corrected chi connectivity index (χ4v) is 3.12. The molecule has 1 aliphatic rings. The van der Waals surface area contributed by atoms with Crippen LogP contribution < -0.4 is 4.90 Å². The first kappa shape index (κ1) is 16.9. The van der Waals surface area contributed by atoms with Crippen molar-refractivity contribution in [1.82, 2.24) is 25.3 Å². The number of aryl methyl sites for hydroxylation is 1. The monoisotopic (exact) mass is 370 g/mol. The Morgan fingerprint density at radius 1 is 0.923 bits per heavy atom. The molecule has 26 heavy (non-hydrogen) atoms. The topological polar surface area (TPSA) is 71.2 Å². The third-order valence-electron chi connectivity index (χ3n) is 4.41. The highest BCUT2D eigenvalue weighted by molar-refractivity contribution is 6.30. The average molecular weight is 371 g/mol. The van der Waals surface area contributed by atoms with Crippen molar-refractivity contribution in [2.45, 2.75) is 13.5 Å². The summed E-state index contributed by atoms with van der Waals surface area (Å²) >= 11 is 5.93. The van der Waals surface area contributed by atoms with E-state index in [1.807, 2.05) is 36.4 Å². The first-order valence-corrected chi connectivity index (χ1v) is 8.91. The number of hydrogen-bond donors (Lipinski definition) is 0. The quantitative estimate of drug-likeness (QED) is 0.699. The number of anilines is 1. The molecule has 0 saturated carbocycles. The van der Waals surface area contributed by atoms with Crippen LogP contribution in [0.5, 0.6) is 0 Å². The van der Waals surface area contributed by atoms with E-state index in [1.165, 1.54) is 0 Å². The fraction of sp³-hybridized carbons (Fsp3) is 0.333. The Hall–Kier alpha value is -2.51. The largest absolute Gasteiger partial charge is 0.424 e. The Balaban J connectivity index is 1.36. The Bertz CT molecular complexity index is 856. The Labute approximate surface area is 156 Å².